The molecule has 17 heavy (non-hydrogen) atoms. The van der Waals surface area contributed by atoms with Crippen molar-refractivity contribution in [2.24, 2.45) is 0 Å². The van der Waals surface area contributed by atoms with E-state index in [1.807, 2.05) is 0 Å². The molecule has 0 aliphatic carbocycles. The zero-order valence-electron chi connectivity index (χ0n) is 9.56. The number of rotatable bonds is 0. The van der Waals surface area contributed by atoms with Gasteiger partial charge in [0.25, 0.3) is 0 Å². The number of piperidine rings is 1. The summed E-state index contributed by atoms with van der Waals surface area (Å²) in [5, 5.41) is 0.232. The molecule has 0 unspecified atom stereocenters. The summed E-state index contributed by atoms with van der Waals surface area (Å²) in [6.07, 6.45) is 4.70. The molecular weight excluding hydrogens is 240 g/mol. The van der Waals surface area contributed by atoms with Crippen LogP contribution in [0.1, 0.15) is 19.3 Å². The molecule has 0 spiro atoms. The molecule has 1 aromatic heterocycles. The van der Waals surface area contributed by atoms with Crippen molar-refractivity contribution in [3.8, 4) is 0 Å². The third-order valence-corrected chi connectivity index (χ3v) is 3.65. The SMILES string of the molecule is CN1C(=O)[C@H]2CCCCN2c2nc(Cl)ncc21. The molecule has 1 amide bonds. The Morgan fingerprint density at radius 1 is 1.47 bits per heavy atom. The van der Waals surface area contributed by atoms with Crippen LogP contribution in [0, 0.1) is 0 Å². The van der Waals surface area contributed by atoms with Crippen molar-refractivity contribution >= 4 is 29.0 Å². The predicted octanol–water partition coefficient (Wildman–Crippen LogP) is 1.47. The van der Waals surface area contributed by atoms with Crippen molar-refractivity contribution in [3.05, 3.63) is 11.5 Å². The Hall–Kier alpha value is -1.36. The Morgan fingerprint density at radius 2 is 2.29 bits per heavy atom. The number of nitrogens with zero attached hydrogens (tertiary/aromatic N) is 4. The highest BCUT2D eigenvalue weighted by Crippen LogP contribution is 2.36. The fourth-order valence-corrected chi connectivity index (χ4v) is 2.71. The lowest BCUT2D eigenvalue weighted by Crippen LogP contribution is -2.54. The Morgan fingerprint density at radius 3 is 3.12 bits per heavy atom. The molecule has 1 aromatic rings. The molecule has 90 valence electrons. The molecule has 1 fully saturated rings. The highest BCUT2D eigenvalue weighted by molar-refractivity contribution is 6.28. The number of amides is 1. The van der Waals surface area contributed by atoms with Crippen LogP contribution in [0.5, 0.6) is 0 Å². The van der Waals surface area contributed by atoms with E-state index in [9.17, 15) is 4.79 Å². The first-order valence-electron chi connectivity index (χ1n) is 5.75. The highest BCUT2D eigenvalue weighted by atomic mass is 35.5. The maximum atomic E-state index is 12.2. The Kier molecular flexibility index (Phi) is 2.43. The fraction of sp³-hybridized carbons (Fsp3) is 0.545. The molecule has 2 aliphatic rings. The van der Waals surface area contributed by atoms with Gasteiger partial charge in [-0.2, -0.15) is 4.98 Å². The molecule has 0 N–H and O–H groups in total. The van der Waals surface area contributed by atoms with E-state index >= 15 is 0 Å². The zero-order valence-corrected chi connectivity index (χ0v) is 10.3. The van der Waals surface area contributed by atoms with Gasteiger partial charge in [0.2, 0.25) is 11.2 Å². The Bertz CT molecular complexity index is 479. The van der Waals surface area contributed by atoms with Crippen LogP contribution >= 0.6 is 11.6 Å². The lowest BCUT2D eigenvalue weighted by Gasteiger charge is -2.42. The standard InChI is InChI=1S/C11H13ClN4O/c1-15-8-6-13-11(12)14-9(8)16-5-3-2-4-7(16)10(15)17/h6-7H,2-5H2,1H3/t7-/m1/s1. The number of aromatic nitrogens is 2. The molecule has 3 heterocycles. The van der Waals surface area contributed by atoms with Crippen molar-refractivity contribution in [2.75, 3.05) is 23.4 Å². The molecule has 0 radical (unpaired) electrons. The summed E-state index contributed by atoms with van der Waals surface area (Å²) in [5.41, 5.74) is 0.748. The van der Waals surface area contributed by atoms with Crippen LogP contribution in [-0.2, 0) is 4.79 Å². The number of hydrogen-bond donors (Lipinski definition) is 0. The van der Waals surface area contributed by atoms with E-state index in [-0.39, 0.29) is 17.2 Å². The van der Waals surface area contributed by atoms with Crippen LogP contribution in [0.2, 0.25) is 5.28 Å². The minimum Gasteiger partial charge on any atom is -0.343 e. The Balaban J connectivity index is 2.13. The lowest BCUT2D eigenvalue weighted by molar-refractivity contribution is -0.120. The summed E-state index contributed by atoms with van der Waals surface area (Å²) in [4.78, 5) is 24.1. The molecule has 3 rings (SSSR count). The van der Waals surface area contributed by atoms with E-state index in [1.165, 1.54) is 0 Å². The van der Waals surface area contributed by atoms with Crippen molar-refractivity contribution < 1.29 is 4.79 Å². The average Bonchev–Trinajstić information content (AvgIpc) is 2.36. The molecule has 0 saturated carbocycles. The van der Waals surface area contributed by atoms with Crippen molar-refractivity contribution in [3.63, 3.8) is 0 Å². The molecule has 0 bridgehead atoms. The van der Waals surface area contributed by atoms with E-state index in [2.05, 4.69) is 14.9 Å². The van der Waals surface area contributed by atoms with Crippen LogP contribution < -0.4 is 9.80 Å². The maximum Gasteiger partial charge on any atom is 0.249 e. The molecular formula is C11H13ClN4O. The van der Waals surface area contributed by atoms with E-state index in [4.69, 9.17) is 11.6 Å². The maximum absolute atomic E-state index is 12.2. The van der Waals surface area contributed by atoms with Gasteiger partial charge in [-0.15, -0.1) is 0 Å². The van der Waals surface area contributed by atoms with Gasteiger partial charge in [0, 0.05) is 13.6 Å². The monoisotopic (exact) mass is 252 g/mol. The summed E-state index contributed by atoms with van der Waals surface area (Å²) in [7, 11) is 1.77. The highest BCUT2D eigenvalue weighted by Gasteiger charge is 2.38. The smallest absolute Gasteiger partial charge is 0.249 e. The topological polar surface area (TPSA) is 49.3 Å². The molecule has 1 atom stereocenters. The van der Waals surface area contributed by atoms with Crippen LogP contribution in [0.4, 0.5) is 11.5 Å². The van der Waals surface area contributed by atoms with E-state index < -0.39 is 0 Å². The summed E-state index contributed by atoms with van der Waals surface area (Å²) >= 11 is 5.84. The number of carbonyl (C=O) groups is 1. The first-order chi connectivity index (χ1) is 8.18. The van der Waals surface area contributed by atoms with Gasteiger partial charge < -0.3 is 9.80 Å². The first-order valence-corrected chi connectivity index (χ1v) is 6.13. The second kappa shape index (κ2) is 3.84. The summed E-state index contributed by atoms with van der Waals surface area (Å²) < 4.78 is 0. The van der Waals surface area contributed by atoms with Crippen molar-refractivity contribution in [1.82, 2.24) is 9.97 Å². The van der Waals surface area contributed by atoms with Crippen LogP contribution in [0.25, 0.3) is 0 Å². The molecule has 6 heteroatoms. The number of carbonyl (C=O) groups excluding carboxylic acids is 1. The number of hydrogen-bond acceptors (Lipinski definition) is 4. The van der Waals surface area contributed by atoms with Crippen molar-refractivity contribution in [1.29, 1.82) is 0 Å². The van der Waals surface area contributed by atoms with Gasteiger partial charge in [0.05, 0.1) is 6.20 Å². The molecule has 2 aliphatic heterocycles. The molecule has 0 aromatic carbocycles. The second-order valence-electron chi connectivity index (χ2n) is 4.45. The largest absolute Gasteiger partial charge is 0.343 e. The number of anilines is 2. The normalized spacial score (nSPS) is 23.4. The van der Waals surface area contributed by atoms with E-state index in [0.717, 1.165) is 37.3 Å². The van der Waals surface area contributed by atoms with E-state index in [0.29, 0.717) is 0 Å². The van der Waals surface area contributed by atoms with Crippen LogP contribution in [0.15, 0.2) is 6.20 Å². The summed E-state index contributed by atoms with van der Waals surface area (Å²) in [5.74, 6) is 0.917. The number of fused-ring (bicyclic) bond motifs is 3. The zero-order chi connectivity index (χ0) is 12.0. The van der Waals surface area contributed by atoms with Gasteiger partial charge in [-0.25, -0.2) is 4.98 Å². The summed E-state index contributed by atoms with van der Waals surface area (Å²) in [6, 6.07) is -0.0767. The first kappa shape index (κ1) is 10.8. The van der Waals surface area contributed by atoms with Gasteiger partial charge in [-0.1, -0.05) is 0 Å². The third kappa shape index (κ3) is 1.57. The Labute approximate surface area is 104 Å². The second-order valence-corrected chi connectivity index (χ2v) is 4.79. The lowest BCUT2D eigenvalue weighted by atomic mass is 9.98. The third-order valence-electron chi connectivity index (χ3n) is 3.47. The van der Waals surface area contributed by atoms with Crippen LogP contribution in [0.3, 0.4) is 0 Å². The molecule has 5 nitrogen and oxygen atoms in total. The minimum atomic E-state index is -0.0767. The fourth-order valence-electron chi connectivity index (χ4n) is 2.58. The number of halogens is 1. The van der Waals surface area contributed by atoms with Gasteiger partial charge in [0.1, 0.15) is 11.7 Å². The molecule has 1 saturated heterocycles. The van der Waals surface area contributed by atoms with E-state index in [1.54, 1.807) is 18.1 Å². The van der Waals surface area contributed by atoms with Gasteiger partial charge in [-0.3, -0.25) is 4.79 Å². The van der Waals surface area contributed by atoms with Crippen molar-refractivity contribution in [2.45, 2.75) is 25.3 Å². The number of likely N-dealkylation sites (N-methyl/N-ethyl adjacent to an activating group) is 1. The minimum absolute atomic E-state index is 0.0767. The van der Waals surface area contributed by atoms with Gasteiger partial charge >= 0.3 is 0 Å². The predicted molar refractivity (Wildman–Crippen MR) is 65.4 cm³/mol. The summed E-state index contributed by atoms with van der Waals surface area (Å²) in [6.45, 7) is 0.866. The van der Waals surface area contributed by atoms with Gasteiger partial charge in [0.15, 0.2) is 5.82 Å². The van der Waals surface area contributed by atoms with Gasteiger partial charge in [-0.05, 0) is 30.9 Å². The average molecular weight is 253 g/mol. The van der Waals surface area contributed by atoms with Crippen LogP contribution in [-0.4, -0.2) is 35.5 Å². The quantitative estimate of drug-likeness (QED) is 0.656.